The molecule has 0 aliphatic heterocycles. The summed E-state index contributed by atoms with van der Waals surface area (Å²) in [6, 6.07) is 0. The van der Waals surface area contributed by atoms with E-state index in [0.29, 0.717) is 13.0 Å². The highest BCUT2D eigenvalue weighted by Crippen LogP contribution is 2.11. The van der Waals surface area contributed by atoms with Crippen molar-refractivity contribution in [3.8, 4) is 0 Å². The van der Waals surface area contributed by atoms with Gasteiger partial charge in [-0.05, 0) is 40.5 Å². The van der Waals surface area contributed by atoms with E-state index in [0.717, 1.165) is 51.3 Å². The third-order valence-electron chi connectivity index (χ3n) is 2.92. The summed E-state index contributed by atoms with van der Waals surface area (Å²) in [5, 5.41) is 6.42. The lowest BCUT2D eigenvalue weighted by molar-refractivity contribution is -0.154. The average Bonchev–Trinajstić information content (AvgIpc) is 2.44. The highest BCUT2D eigenvalue weighted by atomic mass is 16.6. The van der Waals surface area contributed by atoms with Gasteiger partial charge in [0.05, 0.1) is 6.61 Å². The van der Waals surface area contributed by atoms with Crippen LogP contribution < -0.4 is 10.6 Å². The molecular formula is C17H35N3O3. The van der Waals surface area contributed by atoms with Gasteiger partial charge in [0.2, 0.25) is 0 Å². The first-order valence-corrected chi connectivity index (χ1v) is 8.62. The normalized spacial score (nSPS) is 12.1. The first kappa shape index (κ1) is 21.7. The Labute approximate surface area is 141 Å². The van der Waals surface area contributed by atoms with Crippen LogP contribution in [0.25, 0.3) is 0 Å². The maximum Gasteiger partial charge on any atom is 0.306 e. The number of methoxy groups -OCH3 is 1. The monoisotopic (exact) mass is 329 g/mol. The third-order valence-corrected chi connectivity index (χ3v) is 2.92. The Balaban J connectivity index is 3.72. The Morgan fingerprint density at radius 1 is 1.09 bits per heavy atom. The van der Waals surface area contributed by atoms with Crippen molar-refractivity contribution >= 4 is 11.9 Å². The van der Waals surface area contributed by atoms with E-state index in [4.69, 9.17) is 9.47 Å². The van der Waals surface area contributed by atoms with Crippen LogP contribution in [-0.2, 0) is 14.3 Å². The van der Waals surface area contributed by atoms with Gasteiger partial charge in [0.25, 0.3) is 0 Å². The number of rotatable bonds is 11. The van der Waals surface area contributed by atoms with Gasteiger partial charge >= 0.3 is 5.97 Å². The second-order valence-corrected chi connectivity index (χ2v) is 6.43. The number of carbonyl (C=O) groups is 1. The van der Waals surface area contributed by atoms with Crippen molar-refractivity contribution in [3.05, 3.63) is 0 Å². The van der Waals surface area contributed by atoms with Crippen LogP contribution in [0.4, 0.5) is 0 Å². The number of carbonyl (C=O) groups excluding carboxylic acids is 1. The number of esters is 1. The fourth-order valence-corrected chi connectivity index (χ4v) is 1.93. The number of unbranched alkanes of at least 4 members (excludes halogenated alkanes) is 3. The van der Waals surface area contributed by atoms with Gasteiger partial charge in [-0.3, -0.25) is 9.79 Å². The molecule has 0 saturated carbocycles. The Bertz CT molecular complexity index is 338. The minimum atomic E-state index is -0.385. The molecule has 0 heterocycles. The van der Waals surface area contributed by atoms with Crippen LogP contribution >= 0.6 is 0 Å². The molecule has 0 unspecified atom stereocenters. The van der Waals surface area contributed by atoms with Crippen molar-refractivity contribution in [3.63, 3.8) is 0 Å². The van der Waals surface area contributed by atoms with Gasteiger partial charge in [0.15, 0.2) is 5.96 Å². The summed E-state index contributed by atoms with van der Waals surface area (Å²) in [5.74, 6) is 0.727. The number of nitrogens with zero attached hydrogens (tertiary/aromatic N) is 1. The number of hydrogen-bond acceptors (Lipinski definition) is 4. The number of guanidine groups is 1. The standard InChI is InChI=1S/C17H35N3O3/c1-6-18-16(20-13-14-22-5)19-12-10-8-7-9-11-15(21)23-17(2,3)4/h6-14H2,1-5H3,(H2,18,19,20). The van der Waals surface area contributed by atoms with E-state index in [1.165, 1.54) is 0 Å². The molecule has 0 amide bonds. The SMILES string of the molecule is CCNC(=NCCCCCCC(=O)OC(C)(C)C)NCCOC. The average molecular weight is 329 g/mol. The van der Waals surface area contributed by atoms with E-state index in [1.807, 2.05) is 27.7 Å². The van der Waals surface area contributed by atoms with Gasteiger partial charge in [-0.15, -0.1) is 0 Å². The maximum atomic E-state index is 11.6. The minimum Gasteiger partial charge on any atom is -0.460 e. The largest absolute Gasteiger partial charge is 0.460 e. The molecule has 0 saturated heterocycles. The smallest absolute Gasteiger partial charge is 0.306 e. The summed E-state index contributed by atoms with van der Waals surface area (Å²) in [6.45, 7) is 10.8. The van der Waals surface area contributed by atoms with Crippen LogP contribution in [0, 0.1) is 0 Å². The van der Waals surface area contributed by atoms with Crippen molar-refractivity contribution in [1.82, 2.24) is 10.6 Å². The van der Waals surface area contributed by atoms with E-state index >= 15 is 0 Å². The van der Waals surface area contributed by atoms with Crippen LogP contribution in [0.5, 0.6) is 0 Å². The van der Waals surface area contributed by atoms with E-state index < -0.39 is 0 Å². The van der Waals surface area contributed by atoms with Crippen LogP contribution in [-0.4, -0.2) is 50.9 Å². The van der Waals surface area contributed by atoms with Crippen LogP contribution in [0.15, 0.2) is 4.99 Å². The summed E-state index contributed by atoms with van der Waals surface area (Å²) in [6.07, 6.45) is 4.51. The molecule has 0 rings (SSSR count). The summed E-state index contributed by atoms with van der Waals surface area (Å²) in [7, 11) is 1.68. The fraction of sp³-hybridized carbons (Fsp3) is 0.882. The van der Waals surface area contributed by atoms with Gasteiger partial charge in [-0.1, -0.05) is 12.8 Å². The summed E-state index contributed by atoms with van der Waals surface area (Å²) in [4.78, 5) is 16.1. The zero-order valence-electron chi connectivity index (χ0n) is 15.5. The van der Waals surface area contributed by atoms with Crippen molar-refractivity contribution in [2.24, 2.45) is 4.99 Å². The quantitative estimate of drug-likeness (QED) is 0.264. The number of hydrogen-bond donors (Lipinski definition) is 2. The van der Waals surface area contributed by atoms with E-state index in [9.17, 15) is 4.79 Å². The third kappa shape index (κ3) is 15.4. The summed E-state index contributed by atoms with van der Waals surface area (Å²) in [5.41, 5.74) is -0.385. The lowest BCUT2D eigenvalue weighted by Gasteiger charge is -2.19. The van der Waals surface area contributed by atoms with Gasteiger partial charge in [0.1, 0.15) is 5.60 Å². The molecule has 136 valence electrons. The highest BCUT2D eigenvalue weighted by Gasteiger charge is 2.15. The molecule has 0 aliphatic rings. The zero-order valence-corrected chi connectivity index (χ0v) is 15.5. The Kier molecular flexibility index (Phi) is 12.4. The predicted molar refractivity (Wildman–Crippen MR) is 94.8 cm³/mol. The van der Waals surface area contributed by atoms with Crippen molar-refractivity contribution in [1.29, 1.82) is 0 Å². The van der Waals surface area contributed by atoms with Gasteiger partial charge in [-0.2, -0.15) is 0 Å². The summed E-state index contributed by atoms with van der Waals surface area (Å²) >= 11 is 0. The van der Waals surface area contributed by atoms with Gasteiger partial charge < -0.3 is 20.1 Å². The molecule has 0 spiro atoms. The van der Waals surface area contributed by atoms with Crippen LogP contribution in [0.1, 0.15) is 59.8 Å². The second-order valence-electron chi connectivity index (χ2n) is 6.43. The molecule has 0 aromatic carbocycles. The maximum absolute atomic E-state index is 11.6. The number of aliphatic imine (C=N–C) groups is 1. The minimum absolute atomic E-state index is 0.104. The molecular weight excluding hydrogens is 294 g/mol. The lowest BCUT2D eigenvalue weighted by Crippen LogP contribution is -2.39. The molecule has 0 bridgehead atoms. The Hall–Kier alpha value is -1.30. The predicted octanol–water partition coefficient (Wildman–Crippen LogP) is 2.48. The number of ether oxygens (including phenoxy) is 2. The molecule has 0 aliphatic carbocycles. The van der Waals surface area contributed by atoms with E-state index in [2.05, 4.69) is 15.6 Å². The van der Waals surface area contributed by atoms with Crippen molar-refractivity contribution in [2.75, 3.05) is 33.4 Å². The van der Waals surface area contributed by atoms with Gasteiger partial charge in [0, 0.05) is 33.2 Å². The van der Waals surface area contributed by atoms with Crippen LogP contribution in [0.2, 0.25) is 0 Å². The topological polar surface area (TPSA) is 72.0 Å². The van der Waals surface area contributed by atoms with Crippen molar-refractivity contribution < 1.29 is 14.3 Å². The molecule has 6 heteroatoms. The fourth-order valence-electron chi connectivity index (χ4n) is 1.93. The lowest BCUT2D eigenvalue weighted by atomic mass is 10.1. The first-order valence-electron chi connectivity index (χ1n) is 8.62. The van der Waals surface area contributed by atoms with E-state index in [-0.39, 0.29) is 11.6 Å². The molecule has 0 aromatic heterocycles. The molecule has 6 nitrogen and oxygen atoms in total. The first-order chi connectivity index (χ1) is 10.9. The molecule has 2 N–H and O–H groups in total. The highest BCUT2D eigenvalue weighted by molar-refractivity contribution is 5.79. The molecule has 0 aromatic rings. The van der Waals surface area contributed by atoms with E-state index in [1.54, 1.807) is 7.11 Å². The van der Waals surface area contributed by atoms with Crippen LogP contribution in [0.3, 0.4) is 0 Å². The molecule has 0 radical (unpaired) electrons. The molecule has 23 heavy (non-hydrogen) atoms. The molecule has 0 atom stereocenters. The second kappa shape index (κ2) is 13.2. The zero-order chi connectivity index (χ0) is 17.6. The number of nitrogens with one attached hydrogen (secondary N) is 2. The van der Waals surface area contributed by atoms with Gasteiger partial charge in [-0.25, -0.2) is 0 Å². The summed E-state index contributed by atoms with van der Waals surface area (Å²) < 4.78 is 10.3. The Morgan fingerprint density at radius 2 is 1.78 bits per heavy atom. The van der Waals surface area contributed by atoms with Crippen molar-refractivity contribution in [2.45, 2.75) is 65.4 Å². The Morgan fingerprint density at radius 3 is 2.39 bits per heavy atom. The molecule has 0 fully saturated rings.